The molecule has 0 fully saturated rings. The van der Waals surface area contributed by atoms with E-state index >= 15 is 0 Å². The lowest BCUT2D eigenvalue weighted by Gasteiger charge is -1.91. The molecule has 0 amide bonds. The van der Waals surface area contributed by atoms with E-state index in [1.165, 1.54) is 12.2 Å². The Labute approximate surface area is 54.4 Å². The molecule has 0 aliphatic carbocycles. The van der Waals surface area contributed by atoms with Crippen LogP contribution in [-0.2, 0) is 0 Å². The van der Waals surface area contributed by atoms with E-state index < -0.39 is 0 Å². The number of allylic oxidation sites excluding steroid dienone is 3. The van der Waals surface area contributed by atoms with Gasteiger partial charge in [0.2, 0.25) is 0 Å². The topological polar surface area (TPSA) is 40.5 Å². The van der Waals surface area contributed by atoms with Crippen LogP contribution in [-0.4, -0.2) is 10.2 Å². The number of rotatable bonds is 2. The fourth-order valence-corrected chi connectivity index (χ4v) is 0.348. The van der Waals surface area contributed by atoms with E-state index in [1.807, 2.05) is 0 Å². The first-order valence-electron chi connectivity index (χ1n) is 2.59. The van der Waals surface area contributed by atoms with Gasteiger partial charge >= 0.3 is 0 Å². The predicted molar refractivity (Wildman–Crippen MR) is 37.3 cm³/mol. The van der Waals surface area contributed by atoms with Gasteiger partial charge in [0, 0.05) is 0 Å². The minimum Gasteiger partial charge on any atom is -0.504 e. The minimum absolute atomic E-state index is 0.160. The fraction of sp³-hybridized carbons (Fsp3) is 0.143. The van der Waals surface area contributed by atoms with Gasteiger partial charge in [0.1, 0.15) is 0 Å². The molecule has 0 unspecified atom stereocenters. The predicted octanol–water partition coefficient (Wildman–Crippen LogP) is 2.08. The van der Waals surface area contributed by atoms with Crippen LogP contribution >= 0.6 is 0 Å². The van der Waals surface area contributed by atoms with E-state index in [1.54, 1.807) is 13.0 Å². The lowest BCUT2D eigenvalue weighted by Crippen LogP contribution is -1.81. The third kappa shape index (κ3) is 2.59. The average Bonchev–Trinajstić information content (AvgIpc) is 1.87. The molecule has 0 spiro atoms. The molecule has 2 N–H and O–H groups in total. The van der Waals surface area contributed by atoms with Gasteiger partial charge in [0.25, 0.3) is 0 Å². The van der Waals surface area contributed by atoms with Gasteiger partial charge in [-0.3, -0.25) is 0 Å². The van der Waals surface area contributed by atoms with Crippen molar-refractivity contribution in [1.29, 1.82) is 0 Å². The Kier molecular flexibility index (Phi) is 3.28. The van der Waals surface area contributed by atoms with Gasteiger partial charge in [-0.2, -0.15) is 0 Å². The van der Waals surface area contributed by atoms with Gasteiger partial charge in [0.15, 0.2) is 11.5 Å². The van der Waals surface area contributed by atoms with Crippen LogP contribution < -0.4 is 0 Å². The lowest BCUT2D eigenvalue weighted by molar-refractivity contribution is 0.352. The van der Waals surface area contributed by atoms with Crippen LogP contribution in [0.5, 0.6) is 0 Å². The van der Waals surface area contributed by atoms with Crippen molar-refractivity contribution in [3.63, 3.8) is 0 Å². The van der Waals surface area contributed by atoms with Crippen LogP contribution in [0.4, 0.5) is 0 Å². The number of aliphatic hydroxyl groups is 2. The number of hydrogen-bond donors (Lipinski definition) is 2. The van der Waals surface area contributed by atoms with Crippen molar-refractivity contribution >= 4 is 0 Å². The van der Waals surface area contributed by atoms with Gasteiger partial charge in [0.05, 0.1) is 0 Å². The first-order chi connectivity index (χ1) is 4.22. The van der Waals surface area contributed by atoms with E-state index in [0.29, 0.717) is 0 Å². The summed E-state index contributed by atoms with van der Waals surface area (Å²) < 4.78 is 0. The molecule has 50 valence electrons. The smallest absolute Gasteiger partial charge is 0.157 e. The highest BCUT2D eigenvalue weighted by molar-refractivity contribution is 5.20. The maximum Gasteiger partial charge on any atom is 0.157 e. The Morgan fingerprint density at radius 2 is 1.89 bits per heavy atom. The highest BCUT2D eigenvalue weighted by Crippen LogP contribution is 1.98. The quantitative estimate of drug-likeness (QED) is 0.439. The van der Waals surface area contributed by atoms with E-state index in [0.717, 1.165) is 0 Å². The van der Waals surface area contributed by atoms with E-state index in [2.05, 4.69) is 6.58 Å². The number of hydrogen-bond acceptors (Lipinski definition) is 2. The van der Waals surface area contributed by atoms with Crippen LogP contribution in [0.2, 0.25) is 0 Å². The summed E-state index contributed by atoms with van der Waals surface area (Å²) >= 11 is 0. The summed E-state index contributed by atoms with van der Waals surface area (Å²) in [6.07, 6.45) is 4.18. The molecule has 0 saturated carbocycles. The van der Waals surface area contributed by atoms with E-state index in [-0.39, 0.29) is 11.5 Å². The molecule has 0 aromatic heterocycles. The van der Waals surface area contributed by atoms with Crippen molar-refractivity contribution in [2.45, 2.75) is 6.92 Å². The van der Waals surface area contributed by atoms with Crippen molar-refractivity contribution in [2.75, 3.05) is 0 Å². The van der Waals surface area contributed by atoms with Gasteiger partial charge in [-0.1, -0.05) is 12.7 Å². The summed E-state index contributed by atoms with van der Waals surface area (Å²) in [7, 11) is 0. The van der Waals surface area contributed by atoms with Crippen molar-refractivity contribution in [1.82, 2.24) is 0 Å². The fourth-order valence-electron chi connectivity index (χ4n) is 0.348. The van der Waals surface area contributed by atoms with E-state index in [4.69, 9.17) is 10.2 Å². The molecule has 0 aromatic rings. The van der Waals surface area contributed by atoms with Gasteiger partial charge < -0.3 is 10.2 Å². The Morgan fingerprint density at radius 3 is 2.22 bits per heavy atom. The molecular formula is C7H10O2. The standard InChI is InChI=1S/C7H10O2/c1-3-5-7(9)6(8)4-2/h3-5,8-9H,2H2,1H3/b5-3?,7-6-. The zero-order valence-corrected chi connectivity index (χ0v) is 5.33. The van der Waals surface area contributed by atoms with Crippen LogP contribution in [0.3, 0.4) is 0 Å². The van der Waals surface area contributed by atoms with Crippen LogP contribution in [0.1, 0.15) is 6.92 Å². The molecule has 0 heterocycles. The van der Waals surface area contributed by atoms with Gasteiger partial charge in [-0.05, 0) is 19.1 Å². The summed E-state index contributed by atoms with van der Waals surface area (Å²) in [4.78, 5) is 0. The molecule has 0 saturated heterocycles. The van der Waals surface area contributed by atoms with Crippen molar-refractivity contribution < 1.29 is 10.2 Å². The summed E-state index contributed by atoms with van der Waals surface area (Å²) in [5.41, 5.74) is 0. The summed E-state index contributed by atoms with van der Waals surface area (Å²) in [5, 5.41) is 17.5. The van der Waals surface area contributed by atoms with Crippen molar-refractivity contribution in [2.24, 2.45) is 0 Å². The van der Waals surface area contributed by atoms with Gasteiger partial charge in [-0.15, -0.1) is 0 Å². The molecule has 0 aliphatic heterocycles. The minimum atomic E-state index is -0.201. The maximum absolute atomic E-state index is 8.79. The second kappa shape index (κ2) is 3.78. The van der Waals surface area contributed by atoms with Crippen molar-refractivity contribution in [3.8, 4) is 0 Å². The summed E-state index contributed by atoms with van der Waals surface area (Å²) in [6.45, 7) is 5.00. The Morgan fingerprint density at radius 1 is 1.33 bits per heavy atom. The number of aliphatic hydroxyl groups excluding tert-OH is 2. The zero-order chi connectivity index (χ0) is 7.28. The summed E-state index contributed by atoms with van der Waals surface area (Å²) in [5.74, 6) is -0.361. The third-order valence-electron chi connectivity index (χ3n) is 0.780. The van der Waals surface area contributed by atoms with Crippen LogP contribution in [0, 0.1) is 0 Å². The zero-order valence-electron chi connectivity index (χ0n) is 5.33. The monoisotopic (exact) mass is 126 g/mol. The Hall–Kier alpha value is -1.18. The van der Waals surface area contributed by atoms with E-state index in [9.17, 15) is 0 Å². The molecule has 0 aromatic carbocycles. The summed E-state index contributed by atoms with van der Waals surface area (Å²) in [6, 6.07) is 0. The first-order valence-corrected chi connectivity index (χ1v) is 2.59. The lowest BCUT2D eigenvalue weighted by atomic mass is 10.3. The van der Waals surface area contributed by atoms with Gasteiger partial charge in [-0.25, -0.2) is 0 Å². The molecule has 2 nitrogen and oxygen atoms in total. The second-order valence-corrected chi connectivity index (χ2v) is 1.47. The molecular weight excluding hydrogens is 116 g/mol. The first kappa shape index (κ1) is 7.82. The third-order valence-corrected chi connectivity index (χ3v) is 0.780. The second-order valence-electron chi connectivity index (χ2n) is 1.47. The van der Waals surface area contributed by atoms with Crippen molar-refractivity contribution in [3.05, 3.63) is 36.3 Å². The SMILES string of the molecule is C=C/C(O)=C(/O)C=CC. The molecule has 0 aliphatic rings. The molecule has 0 radical (unpaired) electrons. The molecule has 9 heavy (non-hydrogen) atoms. The normalized spacial score (nSPS) is 13.4. The molecule has 0 bridgehead atoms. The molecule has 0 rings (SSSR count). The van der Waals surface area contributed by atoms with Crippen LogP contribution in [0.25, 0.3) is 0 Å². The largest absolute Gasteiger partial charge is 0.504 e. The Balaban J connectivity index is 4.27. The Bertz CT molecular complexity index is 154. The average molecular weight is 126 g/mol. The highest BCUT2D eigenvalue weighted by atomic mass is 16.3. The molecule has 0 atom stereocenters. The highest BCUT2D eigenvalue weighted by Gasteiger charge is 1.90. The van der Waals surface area contributed by atoms with Crippen LogP contribution in [0.15, 0.2) is 36.3 Å². The molecule has 2 heteroatoms. The maximum atomic E-state index is 8.79.